The highest BCUT2D eigenvalue weighted by molar-refractivity contribution is 5.22. The Bertz CT molecular complexity index is 198. The maximum Gasteiger partial charge on any atom is 0.101 e. The Morgan fingerprint density at radius 1 is 1.75 bits per heavy atom. The van der Waals surface area contributed by atoms with Gasteiger partial charge in [-0.25, -0.2) is 0 Å². The molecule has 0 aliphatic carbocycles. The molecule has 1 heterocycles. The highest BCUT2D eigenvalue weighted by atomic mass is 14.6. The second-order valence-corrected chi connectivity index (χ2v) is 1.26. The molecule has 2 nitrogen and oxygen atoms in total. The predicted octanol–water partition coefficient (Wildman–Crippen LogP) is 0.753. The predicted molar refractivity (Wildman–Crippen MR) is 27.8 cm³/mol. The standard InChI is InChI=1S/C6H3N2/c7-4-6-2-1-3-8-5-6/h1,3,5H. The third-order valence-electron chi connectivity index (χ3n) is 0.724. The summed E-state index contributed by atoms with van der Waals surface area (Å²) >= 11 is 0. The molecule has 0 unspecified atom stereocenters. The summed E-state index contributed by atoms with van der Waals surface area (Å²) in [5.74, 6) is 0. The molecule has 1 aromatic rings. The van der Waals surface area contributed by atoms with Crippen LogP contribution in [0.4, 0.5) is 0 Å². The molecule has 0 bridgehead atoms. The molecule has 0 saturated carbocycles. The van der Waals surface area contributed by atoms with Crippen LogP contribution in [0, 0.1) is 17.4 Å². The van der Waals surface area contributed by atoms with E-state index in [0.717, 1.165) is 0 Å². The lowest BCUT2D eigenvalue weighted by Gasteiger charge is -1.78. The van der Waals surface area contributed by atoms with E-state index in [4.69, 9.17) is 5.26 Å². The molecular weight excluding hydrogens is 100 g/mol. The molecule has 0 N–H and O–H groups in total. The lowest BCUT2D eigenvalue weighted by atomic mass is 10.3. The van der Waals surface area contributed by atoms with E-state index in [1.165, 1.54) is 6.20 Å². The topological polar surface area (TPSA) is 36.7 Å². The van der Waals surface area contributed by atoms with Crippen molar-refractivity contribution in [2.24, 2.45) is 0 Å². The second-order valence-electron chi connectivity index (χ2n) is 1.26. The van der Waals surface area contributed by atoms with E-state index in [-0.39, 0.29) is 0 Å². The van der Waals surface area contributed by atoms with E-state index in [9.17, 15) is 0 Å². The molecule has 37 valence electrons. The van der Waals surface area contributed by atoms with Gasteiger partial charge in [0.25, 0.3) is 0 Å². The molecule has 0 aliphatic rings. The van der Waals surface area contributed by atoms with Crippen LogP contribution in [0.5, 0.6) is 0 Å². The summed E-state index contributed by atoms with van der Waals surface area (Å²) in [5, 5.41) is 8.22. The summed E-state index contributed by atoms with van der Waals surface area (Å²) in [4.78, 5) is 3.70. The summed E-state index contributed by atoms with van der Waals surface area (Å²) in [6.07, 6.45) is 3.06. The van der Waals surface area contributed by atoms with Crippen molar-refractivity contribution in [1.82, 2.24) is 4.98 Å². The molecule has 1 rings (SSSR count). The Morgan fingerprint density at radius 2 is 2.62 bits per heavy atom. The van der Waals surface area contributed by atoms with E-state index in [1.807, 2.05) is 6.07 Å². The van der Waals surface area contributed by atoms with E-state index in [2.05, 4.69) is 11.1 Å². The number of pyridine rings is 1. The molecule has 0 atom stereocenters. The van der Waals surface area contributed by atoms with Gasteiger partial charge in [0.15, 0.2) is 0 Å². The normalized spacial score (nSPS) is 7.88. The zero-order chi connectivity index (χ0) is 5.82. The summed E-state index contributed by atoms with van der Waals surface area (Å²) in [6.45, 7) is 0. The van der Waals surface area contributed by atoms with Gasteiger partial charge in [-0.2, -0.15) is 5.26 Å². The van der Waals surface area contributed by atoms with E-state index in [0.29, 0.717) is 5.56 Å². The van der Waals surface area contributed by atoms with Gasteiger partial charge in [-0.1, -0.05) is 0 Å². The highest BCUT2D eigenvalue weighted by Gasteiger charge is 1.81. The lowest BCUT2D eigenvalue weighted by Crippen LogP contribution is -1.72. The summed E-state index contributed by atoms with van der Waals surface area (Å²) in [7, 11) is 0. The van der Waals surface area contributed by atoms with Crippen LogP contribution in [0.2, 0.25) is 0 Å². The Hall–Kier alpha value is -1.36. The maximum absolute atomic E-state index is 8.22. The first kappa shape index (κ1) is 4.79. The van der Waals surface area contributed by atoms with E-state index < -0.39 is 0 Å². The van der Waals surface area contributed by atoms with Crippen molar-refractivity contribution < 1.29 is 0 Å². The first-order chi connectivity index (χ1) is 3.93. The van der Waals surface area contributed by atoms with Crippen molar-refractivity contribution in [3.8, 4) is 6.07 Å². The quantitative estimate of drug-likeness (QED) is 0.486. The molecular formula is C6H3N2. The van der Waals surface area contributed by atoms with E-state index >= 15 is 0 Å². The fraction of sp³-hybridized carbons (Fsp3) is 0. The second kappa shape index (κ2) is 2.08. The number of aromatic nitrogens is 1. The molecule has 0 amide bonds. The molecule has 0 aromatic carbocycles. The molecule has 1 aromatic heterocycles. The Balaban J connectivity index is 3.05. The van der Waals surface area contributed by atoms with Crippen LogP contribution in [-0.2, 0) is 0 Å². The number of nitrogens with zero attached hydrogens (tertiary/aromatic N) is 2. The van der Waals surface area contributed by atoms with Crippen LogP contribution in [0.3, 0.4) is 0 Å². The smallest absolute Gasteiger partial charge is 0.101 e. The minimum Gasteiger partial charge on any atom is -0.263 e. The first-order valence-electron chi connectivity index (χ1n) is 2.15. The maximum atomic E-state index is 8.22. The number of nitriles is 1. The molecule has 0 spiro atoms. The molecule has 0 saturated heterocycles. The summed E-state index contributed by atoms with van der Waals surface area (Å²) < 4.78 is 0. The molecule has 0 aliphatic heterocycles. The monoisotopic (exact) mass is 103 g/mol. The zero-order valence-corrected chi connectivity index (χ0v) is 4.13. The SMILES string of the molecule is N#Cc1[c]ccnc1. The summed E-state index contributed by atoms with van der Waals surface area (Å²) in [6, 6.07) is 6.21. The van der Waals surface area contributed by atoms with Crippen LogP contribution in [-0.4, -0.2) is 4.98 Å². The van der Waals surface area contributed by atoms with Gasteiger partial charge in [0, 0.05) is 18.5 Å². The fourth-order valence-corrected chi connectivity index (χ4v) is 0.386. The van der Waals surface area contributed by atoms with Gasteiger partial charge in [0.2, 0.25) is 0 Å². The molecule has 1 radical (unpaired) electrons. The van der Waals surface area contributed by atoms with Crippen LogP contribution in [0.15, 0.2) is 18.5 Å². The first-order valence-corrected chi connectivity index (χ1v) is 2.15. The van der Waals surface area contributed by atoms with Gasteiger partial charge in [0.1, 0.15) is 6.07 Å². The molecule has 2 heteroatoms. The van der Waals surface area contributed by atoms with E-state index in [1.54, 1.807) is 12.3 Å². The fourth-order valence-electron chi connectivity index (χ4n) is 0.386. The van der Waals surface area contributed by atoms with Gasteiger partial charge in [-0.15, -0.1) is 0 Å². The van der Waals surface area contributed by atoms with Crippen molar-refractivity contribution in [1.29, 1.82) is 5.26 Å². The number of hydrogen-bond donors (Lipinski definition) is 0. The summed E-state index contributed by atoms with van der Waals surface area (Å²) in [5.41, 5.74) is 0.479. The van der Waals surface area contributed by atoms with Crippen LogP contribution >= 0.6 is 0 Å². The van der Waals surface area contributed by atoms with Gasteiger partial charge in [0.05, 0.1) is 5.56 Å². The van der Waals surface area contributed by atoms with Crippen molar-refractivity contribution in [3.05, 3.63) is 30.1 Å². The molecule has 8 heavy (non-hydrogen) atoms. The average Bonchev–Trinajstić information content (AvgIpc) is 1.90. The largest absolute Gasteiger partial charge is 0.263 e. The van der Waals surface area contributed by atoms with Crippen LogP contribution < -0.4 is 0 Å². The van der Waals surface area contributed by atoms with Gasteiger partial charge < -0.3 is 0 Å². The number of rotatable bonds is 0. The van der Waals surface area contributed by atoms with Crippen LogP contribution in [0.1, 0.15) is 5.56 Å². The molecule has 0 fully saturated rings. The lowest BCUT2D eigenvalue weighted by molar-refractivity contribution is 1.30. The van der Waals surface area contributed by atoms with Gasteiger partial charge >= 0.3 is 0 Å². The van der Waals surface area contributed by atoms with Crippen LogP contribution in [0.25, 0.3) is 0 Å². The third-order valence-corrected chi connectivity index (χ3v) is 0.724. The Labute approximate surface area is 47.4 Å². The van der Waals surface area contributed by atoms with Gasteiger partial charge in [-0.05, 0) is 6.07 Å². The third kappa shape index (κ3) is 0.824. The minimum atomic E-state index is 0.479. The highest BCUT2D eigenvalue weighted by Crippen LogP contribution is 1.87. The van der Waals surface area contributed by atoms with Crippen molar-refractivity contribution in [2.45, 2.75) is 0 Å². The zero-order valence-electron chi connectivity index (χ0n) is 4.13. The Morgan fingerprint density at radius 3 is 3.00 bits per heavy atom. The number of hydrogen-bond acceptors (Lipinski definition) is 2. The average molecular weight is 103 g/mol. The minimum absolute atomic E-state index is 0.479. The van der Waals surface area contributed by atoms with Gasteiger partial charge in [-0.3, -0.25) is 4.98 Å². The van der Waals surface area contributed by atoms with Crippen molar-refractivity contribution in [2.75, 3.05) is 0 Å². The Kier molecular flexibility index (Phi) is 1.25. The van der Waals surface area contributed by atoms with Crippen molar-refractivity contribution in [3.63, 3.8) is 0 Å². The van der Waals surface area contributed by atoms with Crippen molar-refractivity contribution >= 4 is 0 Å².